The zero-order valence-corrected chi connectivity index (χ0v) is 14.4. The maximum atomic E-state index is 9.14. The second-order valence-corrected chi connectivity index (χ2v) is 7.50. The topological polar surface area (TPSA) is 45.1 Å². The predicted octanol–water partition coefficient (Wildman–Crippen LogP) is 4.40. The molecular weight excluding hydrogens is 304 g/mol. The predicted molar refractivity (Wildman–Crippen MR) is 95.7 cm³/mol. The summed E-state index contributed by atoms with van der Waals surface area (Å²) in [4.78, 5) is 5.97. The normalized spacial score (nSPS) is 16.7. The Morgan fingerprint density at radius 2 is 2.00 bits per heavy atom. The fourth-order valence-corrected chi connectivity index (χ4v) is 4.39. The number of hydrogen-bond acceptors (Lipinski definition) is 4. The number of nitrogens with zero attached hydrogens (tertiary/aromatic N) is 1. The van der Waals surface area contributed by atoms with Gasteiger partial charge in [0.25, 0.3) is 0 Å². The number of aromatic nitrogens is 1. The van der Waals surface area contributed by atoms with Crippen LogP contribution in [0.1, 0.15) is 65.9 Å². The lowest BCUT2D eigenvalue weighted by Gasteiger charge is -2.18. The minimum atomic E-state index is 0.247. The van der Waals surface area contributed by atoms with E-state index in [1.54, 1.807) is 0 Å². The summed E-state index contributed by atoms with van der Waals surface area (Å²) in [7, 11) is 0. The third-order valence-electron chi connectivity index (χ3n) is 4.65. The second kappa shape index (κ2) is 8.57. The highest BCUT2D eigenvalue weighted by molar-refractivity contribution is 7.11. The molecular formula is C19H26N2OS. The Hall–Kier alpha value is -1.23. The lowest BCUT2D eigenvalue weighted by molar-refractivity contribution is 0.275. The number of benzene rings is 1. The van der Waals surface area contributed by atoms with Crippen LogP contribution in [0.3, 0.4) is 0 Å². The van der Waals surface area contributed by atoms with Crippen LogP contribution in [0.25, 0.3) is 0 Å². The van der Waals surface area contributed by atoms with Crippen LogP contribution >= 0.6 is 11.3 Å². The molecule has 23 heavy (non-hydrogen) atoms. The fourth-order valence-electron chi connectivity index (χ4n) is 3.36. The first-order valence-corrected chi connectivity index (χ1v) is 9.52. The summed E-state index contributed by atoms with van der Waals surface area (Å²) in [5, 5.41) is 14.1. The number of aliphatic hydroxyl groups excluding tert-OH is 1. The van der Waals surface area contributed by atoms with Crippen molar-refractivity contribution in [1.29, 1.82) is 0 Å². The van der Waals surface area contributed by atoms with Crippen molar-refractivity contribution in [2.45, 2.75) is 57.0 Å². The zero-order valence-electron chi connectivity index (χ0n) is 13.6. The molecule has 0 amide bonds. The van der Waals surface area contributed by atoms with Crippen molar-refractivity contribution < 1.29 is 5.11 Å². The minimum absolute atomic E-state index is 0.247. The number of thiazole rings is 1. The van der Waals surface area contributed by atoms with Gasteiger partial charge in [0.15, 0.2) is 0 Å². The van der Waals surface area contributed by atoms with Crippen molar-refractivity contribution >= 4 is 11.3 Å². The van der Waals surface area contributed by atoms with Crippen LogP contribution in [-0.4, -0.2) is 16.7 Å². The van der Waals surface area contributed by atoms with Crippen molar-refractivity contribution in [2.75, 3.05) is 6.61 Å². The lowest BCUT2D eigenvalue weighted by atomic mass is 10.0. The molecule has 1 fully saturated rings. The SMILES string of the molecule is OCCCC(NCc1cnc(C2CCCC2)s1)c1ccccc1. The van der Waals surface area contributed by atoms with E-state index in [4.69, 9.17) is 5.11 Å². The summed E-state index contributed by atoms with van der Waals surface area (Å²) in [6.45, 7) is 1.10. The highest BCUT2D eigenvalue weighted by atomic mass is 32.1. The standard InChI is InChI=1S/C19H26N2OS/c22-12-6-11-18(15-7-2-1-3-8-15)20-13-17-14-21-19(23-17)16-9-4-5-10-16/h1-3,7-8,14,16,18,20,22H,4-6,9-13H2. The van der Waals surface area contributed by atoms with Gasteiger partial charge in [-0.3, -0.25) is 0 Å². The molecule has 2 aromatic rings. The van der Waals surface area contributed by atoms with Crippen LogP contribution in [0.2, 0.25) is 0 Å². The summed E-state index contributed by atoms with van der Waals surface area (Å²) in [6, 6.07) is 10.8. The van der Waals surface area contributed by atoms with E-state index in [0.29, 0.717) is 12.0 Å². The van der Waals surface area contributed by atoms with Gasteiger partial charge in [-0.15, -0.1) is 11.3 Å². The molecule has 1 aliphatic carbocycles. The minimum Gasteiger partial charge on any atom is -0.396 e. The summed E-state index contributed by atoms with van der Waals surface area (Å²) >= 11 is 1.87. The van der Waals surface area contributed by atoms with Crippen LogP contribution in [0.15, 0.2) is 36.5 Å². The molecule has 3 rings (SSSR count). The van der Waals surface area contributed by atoms with Crippen molar-refractivity contribution in [2.24, 2.45) is 0 Å². The Labute approximate surface area is 142 Å². The monoisotopic (exact) mass is 330 g/mol. The number of rotatable bonds is 8. The van der Waals surface area contributed by atoms with E-state index in [9.17, 15) is 0 Å². The van der Waals surface area contributed by atoms with Crippen LogP contribution < -0.4 is 5.32 Å². The van der Waals surface area contributed by atoms with Gasteiger partial charge < -0.3 is 10.4 Å². The van der Waals surface area contributed by atoms with Gasteiger partial charge in [-0.2, -0.15) is 0 Å². The first-order valence-electron chi connectivity index (χ1n) is 8.70. The first kappa shape index (κ1) is 16.6. The van der Waals surface area contributed by atoms with E-state index < -0.39 is 0 Å². The van der Waals surface area contributed by atoms with Crippen LogP contribution in [-0.2, 0) is 6.54 Å². The Bertz CT molecular complexity index is 578. The molecule has 0 saturated heterocycles. The van der Waals surface area contributed by atoms with E-state index in [2.05, 4.69) is 34.6 Å². The number of aliphatic hydroxyl groups is 1. The van der Waals surface area contributed by atoms with Crippen LogP contribution in [0.4, 0.5) is 0 Å². The number of nitrogens with one attached hydrogen (secondary N) is 1. The molecule has 1 saturated carbocycles. The molecule has 1 heterocycles. The summed E-state index contributed by atoms with van der Waals surface area (Å²) < 4.78 is 0. The van der Waals surface area contributed by atoms with Gasteiger partial charge >= 0.3 is 0 Å². The third kappa shape index (κ3) is 4.63. The average Bonchev–Trinajstić information content (AvgIpc) is 3.27. The van der Waals surface area contributed by atoms with Crippen molar-refractivity contribution in [3.8, 4) is 0 Å². The van der Waals surface area contributed by atoms with Gasteiger partial charge in [-0.05, 0) is 31.2 Å². The van der Waals surface area contributed by atoms with E-state index in [0.717, 1.165) is 19.4 Å². The molecule has 1 unspecified atom stereocenters. The molecule has 0 radical (unpaired) electrons. The van der Waals surface area contributed by atoms with E-state index in [-0.39, 0.29) is 6.61 Å². The fraction of sp³-hybridized carbons (Fsp3) is 0.526. The Morgan fingerprint density at radius 3 is 2.74 bits per heavy atom. The second-order valence-electron chi connectivity index (χ2n) is 6.36. The van der Waals surface area contributed by atoms with Gasteiger partial charge in [0, 0.05) is 36.2 Å². The highest BCUT2D eigenvalue weighted by Gasteiger charge is 2.20. The average molecular weight is 330 g/mol. The van der Waals surface area contributed by atoms with Gasteiger partial charge in [-0.1, -0.05) is 43.2 Å². The molecule has 1 aromatic carbocycles. The lowest BCUT2D eigenvalue weighted by Crippen LogP contribution is -2.20. The Balaban J connectivity index is 1.59. The van der Waals surface area contributed by atoms with Crippen LogP contribution in [0, 0.1) is 0 Å². The highest BCUT2D eigenvalue weighted by Crippen LogP contribution is 2.36. The molecule has 4 heteroatoms. The van der Waals surface area contributed by atoms with Gasteiger partial charge in [0.05, 0.1) is 5.01 Å². The van der Waals surface area contributed by atoms with Crippen molar-refractivity contribution in [3.63, 3.8) is 0 Å². The molecule has 0 spiro atoms. The molecule has 0 bridgehead atoms. The smallest absolute Gasteiger partial charge is 0.0959 e. The Morgan fingerprint density at radius 1 is 1.22 bits per heavy atom. The van der Waals surface area contributed by atoms with Gasteiger partial charge in [-0.25, -0.2) is 4.98 Å². The molecule has 1 atom stereocenters. The Kier molecular flexibility index (Phi) is 6.20. The molecule has 0 aliphatic heterocycles. The van der Waals surface area contributed by atoms with E-state index in [1.165, 1.54) is 41.1 Å². The van der Waals surface area contributed by atoms with Crippen molar-refractivity contribution in [3.05, 3.63) is 52.0 Å². The number of hydrogen-bond donors (Lipinski definition) is 2. The van der Waals surface area contributed by atoms with Gasteiger partial charge in [0.1, 0.15) is 0 Å². The maximum Gasteiger partial charge on any atom is 0.0959 e. The quantitative estimate of drug-likeness (QED) is 0.754. The van der Waals surface area contributed by atoms with Gasteiger partial charge in [0.2, 0.25) is 0 Å². The largest absolute Gasteiger partial charge is 0.396 e. The van der Waals surface area contributed by atoms with Crippen LogP contribution in [0.5, 0.6) is 0 Å². The van der Waals surface area contributed by atoms with E-state index in [1.807, 2.05) is 23.6 Å². The van der Waals surface area contributed by atoms with E-state index >= 15 is 0 Å². The molecule has 124 valence electrons. The molecule has 1 aromatic heterocycles. The molecule has 1 aliphatic rings. The molecule has 2 N–H and O–H groups in total. The summed E-state index contributed by atoms with van der Waals surface area (Å²) in [5.74, 6) is 0.702. The first-order chi connectivity index (χ1) is 11.4. The summed E-state index contributed by atoms with van der Waals surface area (Å²) in [6.07, 6.45) is 9.15. The van der Waals surface area contributed by atoms with Crippen molar-refractivity contribution in [1.82, 2.24) is 10.3 Å². The maximum absolute atomic E-state index is 9.14. The summed E-state index contributed by atoms with van der Waals surface area (Å²) in [5.41, 5.74) is 1.29. The zero-order chi connectivity index (χ0) is 15.9. The third-order valence-corrected chi connectivity index (χ3v) is 5.81. The molecule has 3 nitrogen and oxygen atoms in total.